The Balaban J connectivity index is 2.25. The molecule has 0 radical (unpaired) electrons. The number of nitrogens with one attached hydrogen (secondary N) is 1. The van der Waals surface area contributed by atoms with E-state index in [1.54, 1.807) is 12.1 Å². The quantitative estimate of drug-likeness (QED) is 0.775. The summed E-state index contributed by atoms with van der Waals surface area (Å²) < 4.78 is 0. The molecule has 18 heavy (non-hydrogen) atoms. The largest absolute Gasteiger partial charge is 0.507 e. The predicted molar refractivity (Wildman–Crippen MR) is 69.7 cm³/mol. The summed E-state index contributed by atoms with van der Waals surface area (Å²) in [4.78, 5) is 15.8. The van der Waals surface area contributed by atoms with Crippen LogP contribution in [-0.2, 0) is 0 Å². The third kappa shape index (κ3) is 2.52. The van der Waals surface area contributed by atoms with Gasteiger partial charge in [0.05, 0.1) is 11.3 Å². The number of nitrogens with zero attached hydrogens (tertiary/aromatic N) is 1. The number of amides is 1. The molecule has 0 bridgehead atoms. The Morgan fingerprint density at radius 3 is 2.83 bits per heavy atom. The number of nitrogens with two attached hydrogens (primary N) is 1. The van der Waals surface area contributed by atoms with Crippen molar-refractivity contribution in [2.45, 2.75) is 0 Å². The van der Waals surface area contributed by atoms with E-state index < -0.39 is 5.91 Å². The zero-order valence-electron chi connectivity index (χ0n) is 9.22. The molecule has 0 atom stereocenters. The van der Waals surface area contributed by atoms with E-state index >= 15 is 0 Å². The summed E-state index contributed by atoms with van der Waals surface area (Å²) in [6.45, 7) is 0. The molecule has 1 aromatic heterocycles. The number of aromatic hydroxyl groups is 1. The molecule has 5 nitrogen and oxygen atoms in total. The van der Waals surface area contributed by atoms with Gasteiger partial charge in [-0.15, -0.1) is 0 Å². The van der Waals surface area contributed by atoms with Crippen molar-refractivity contribution in [1.29, 1.82) is 0 Å². The lowest BCUT2D eigenvalue weighted by atomic mass is 10.2. The first-order valence-corrected chi connectivity index (χ1v) is 5.46. The van der Waals surface area contributed by atoms with Gasteiger partial charge in [0.15, 0.2) is 5.82 Å². The molecule has 2 rings (SSSR count). The van der Waals surface area contributed by atoms with E-state index in [-0.39, 0.29) is 17.1 Å². The lowest BCUT2D eigenvalue weighted by Crippen LogP contribution is -2.14. The van der Waals surface area contributed by atoms with Crippen LogP contribution >= 0.6 is 11.6 Å². The number of aromatic nitrogens is 1. The van der Waals surface area contributed by atoms with Crippen molar-refractivity contribution in [3.63, 3.8) is 0 Å². The summed E-state index contributed by atoms with van der Waals surface area (Å²) in [5.41, 5.74) is 6.10. The normalized spacial score (nSPS) is 10.1. The standard InChI is InChI=1S/C12H10ClN3O2/c13-7-3-4-8(10(17)6-7)12(18)16-11-9(14)2-1-5-15-11/h1-6,17H,14H2,(H,15,16,18). The van der Waals surface area contributed by atoms with Crippen LogP contribution in [0.25, 0.3) is 0 Å². The number of nitrogen functional groups attached to an aromatic ring is 1. The topological polar surface area (TPSA) is 88.2 Å². The molecule has 92 valence electrons. The van der Waals surface area contributed by atoms with Crippen molar-refractivity contribution in [1.82, 2.24) is 4.98 Å². The molecule has 0 aliphatic heterocycles. The van der Waals surface area contributed by atoms with E-state index in [9.17, 15) is 9.90 Å². The van der Waals surface area contributed by atoms with Crippen LogP contribution in [0.1, 0.15) is 10.4 Å². The Bertz CT molecular complexity index is 602. The highest BCUT2D eigenvalue weighted by atomic mass is 35.5. The second-order valence-electron chi connectivity index (χ2n) is 3.56. The van der Waals surface area contributed by atoms with Crippen molar-refractivity contribution in [3.8, 4) is 5.75 Å². The molecule has 0 unspecified atom stereocenters. The molecule has 4 N–H and O–H groups in total. The van der Waals surface area contributed by atoms with Crippen LogP contribution in [0.4, 0.5) is 11.5 Å². The minimum Gasteiger partial charge on any atom is -0.507 e. The Morgan fingerprint density at radius 2 is 2.17 bits per heavy atom. The maximum Gasteiger partial charge on any atom is 0.260 e. The molecule has 1 amide bonds. The first kappa shape index (κ1) is 12.2. The average molecular weight is 264 g/mol. The second kappa shape index (κ2) is 4.93. The number of rotatable bonds is 2. The number of phenolic OH excluding ortho intramolecular Hbond substituents is 1. The van der Waals surface area contributed by atoms with E-state index in [4.69, 9.17) is 17.3 Å². The maximum atomic E-state index is 11.9. The van der Waals surface area contributed by atoms with E-state index in [0.717, 1.165) is 0 Å². The second-order valence-corrected chi connectivity index (χ2v) is 3.99. The Labute approximate surface area is 108 Å². The molecule has 0 aliphatic carbocycles. The summed E-state index contributed by atoms with van der Waals surface area (Å²) in [5, 5.41) is 12.5. The highest BCUT2D eigenvalue weighted by Crippen LogP contribution is 2.23. The number of hydrogen-bond acceptors (Lipinski definition) is 4. The molecular formula is C12H10ClN3O2. The summed E-state index contributed by atoms with van der Waals surface area (Å²) in [6.07, 6.45) is 1.51. The molecule has 0 spiro atoms. The number of halogens is 1. The van der Waals surface area contributed by atoms with Gasteiger partial charge in [0.25, 0.3) is 5.91 Å². The number of carbonyl (C=O) groups excluding carboxylic acids is 1. The molecule has 2 aromatic rings. The summed E-state index contributed by atoms with van der Waals surface area (Å²) in [5.74, 6) is -0.457. The van der Waals surface area contributed by atoms with Gasteiger partial charge in [-0.1, -0.05) is 11.6 Å². The first-order chi connectivity index (χ1) is 8.58. The predicted octanol–water partition coefficient (Wildman–Crippen LogP) is 2.28. The van der Waals surface area contributed by atoms with Crippen LogP contribution in [0.5, 0.6) is 5.75 Å². The minimum atomic E-state index is -0.505. The lowest BCUT2D eigenvalue weighted by Gasteiger charge is -2.08. The van der Waals surface area contributed by atoms with Crippen molar-refractivity contribution in [2.24, 2.45) is 0 Å². The van der Waals surface area contributed by atoms with Crippen molar-refractivity contribution >= 4 is 29.0 Å². The van der Waals surface area contributed by atoms with Crippen LogP contribution in [0.3, 0.4) is 0 Å². The smallest absolute Gasteiger partial charge is 0.260 e. The van der Waals surface area contributed by atoms with Crippen LogP contribution in [0.2, 0.25) is 5.02 Å². The van der Waals surface area contributed by atoms with Gasteiger partial charge in [-0.25, -0.2) is 4.98 Å². The molecular weight excluding hydrogens is 254 g/mol. The van der Waals surface area contributed by atoms with Gasteiger partial charge in [-0.2, -0.15) is 0 Å². The third-order valence-electron chi connectivity index (χ3n) is 2.28. The van der Waals surface area contributed by atoms with Gasteiger partial charge in [-0.3, -0.25) is 4.79 Å². The molecule has 0 fully saturated rings. The minimum absolute atomic E-state index is 0.101. The number of anilines is 2. The first-order valence-electron chi connectivity index (χ1n) is 5.08. The number of phenols is 1. The summed E-state index contributed by atoms with van der Waals surface area (Å²) in [6, 6.07) is 7.50. The van der Waals surface area contributed by atoms with Crippen molar-refractivity contribution in [2.75, 3.05) is 11.1 Å². The van der Waals surface area contributed by atoms with Crippen LogP contribution < -0.4 is 11.1 Å². The molecule has 1 heterocycles. The van der Waals surface area contributed by atoms with E-state index in [0.29, 0.717) is 10.7 Å². The van der Waals surface area contributed by atoms with Gasteiger partial charge >= 0.3 is 0 Å². The van der Waals surface area contributed by atoms with E-state index in [2.05, 4.69) is 10.3 Å². The molecule has 1 aromatic carbocycles. The zero-order chi connectivity index (χ0) is 13.1. The highest BCUT2D eigenvalue weighted by molar-refractivity contribution is 6.31. The van der Waals surface area contributed by atoms with E-state index in [1.807, 2.05) is 0 Å². The highest BCUT2D eigenvalue weighted by Gasteiger charge is 2.13. The number of pyridine rings is 1. The van der Waals surface area contributed by atoms with Crippen LogP contribution in [0.15, 0.2) is 36.5 Å². The number of benzene rings is 1. The SMILES string of the molecule is Nc1cccnc1NC(=O)c1ccc(Cl)cc1O. The fourth-order valence-electron chi connectivity index (χ4n) is 1.39. The van der Waals surface area contributed by atoms with Gasteiger partial charge in [0.2, 0.25) is 0 Å². The van der Waals surface area contributed by atoms with Crippen molar-refractivity contribution in [3.05, 3.63) is 47.1 Å². The monoisotopic (exact) mass is 263 g/mol. The number of hydrogen-bond donors (Lipinski definition) is 3. The van der Waals surface area contributed by atoms with Crippen LogP contribution in [-0.4, -0.2) is 16.0 Å². The third-order valence-corrected chi connectivity index (χ3v) is 2.51. The Morgan fingerprint density at radius 1 is 1.39 bits per heavy atom. The molecule has 0 aliphatic rings. The molecule has 0 saturated carbocycles. The lowest BCUT2D eigenvalue weighted by molar-refractivity contribution is 0.102. The Hall–Kier alpha value is -2.27. The van der Waals surface area contributed by atoms with Gasteiger partial charge < -0.3 is 16.2 Å². The van der Waals surface area contributed by atoms with Crippen LogP contribution in [0, 0.1) is 0 Å². The van der Waals surface area contributed by atoms with E-state index in [1.165, 1.54) is 24.4 Å². The summed E-state index contributed by atoms with van der Waals surface area (Å²) >= 11 is 5.68. The van der Waals surface area contributed by atoms with Gasteiger partial charge in [0.1, 0.15) is 5.75 Å². The maximum absolute atomic E-state index is 11.9. The average Bonchev–Trinajstić information content (AvgIpc) is 2.32. The summed E-state index contributed by atoms with van der Waals surface area (Å²) in [7, 11) is 0. The molecule has 6 heteroatoms. The Kier molecular flexibility index (Phi) is 3.34. The zero-order valence-corrected chi connectivity index (χ0v) is 9.98. The van der Waals surface area contributed by atoms with Crippen molar-refractivity contribution < 1.29 is 9.90 Å². The van der Waals surface area contributed by atoms with Gasteiger partial charge in [-0.05, 0) is 30.3 Å². The van der Waals surface area contributed by atoms with Gasteiger partial charge in [0, 0.05) is 11.2 Å². The fraction of sp³-hybridized carbons (Fsp3) is 0. The molecule has 0 saturated heterocycles. The fourth-order valence-corrected chi connectivity index (χ4v) is 1.56. The number of carbonyl (C=O) groups is 1.